The standard InChI is InChI=1S/C55H93NO3/c1-3-5-7-9-11-13-15-17-19-21-22-23-24-25-26-27-28-29-30-31-32-33-34-35-37-39-41-43-45-47-49-51-55(59)56-53(52-57)54(58)50-48-46-44-42-40-38-36-20-18-16-14-12-10-8-6-4-2/h5,7,11,13,17,19,22-23,25-26,28-29,31-32,34-35,39,41,53-54,57-58H,3-4,6,8-10,12,14-16,18,20-21,24,27,30,33,36-38,40,42-52H2,1-2H3,(H,56,59)/b7-5-,13-11-,19-17-,23-22-,26-25-,29-28-,32-31-,35-34-,41-39-. The number of amides is 1. The quantitative estimate of drug-likeness (QED) is 0.0424. The summed E-state index contributed by atoms with van der Waals surface area (Å²) in [6.07, 6.45) is 74.6. The van der Waals surface area contributed by atoms with Crippen LogP contribution in [0.15, 0.2) is 109 Å². The van der Waals surface area contributed by atoms with Crippen LogP contribution in [0.5, 0.6) is 0 Å². The number of rotatable bonds is 43. The second kappa shape index (κ2) is 49.4. The van der Waals surface area contributed by atoms with Gasteiger partial charge >= 0.3 is 0 Å². The molecule has 3 N–H and O–H groups in total. The van der Waals surface area contributed by atoms with Gasteiger partial charge in [0.25, 0.3) is 0 Å². The average molecular weight is 816 g/mol. The predicted octanol–water partition coefficient (Wildman–Crippen LogP) is 16.0. The van der Waals surface area contributed by atoms with Crippen molar-refractivity contribution >= 4 is 5.91 Å². The Balaban J connectivity index is 3.68. The maximum absolute atomic E-state index is 12.4. The van der Waals surface area contributed by atoms with Crippen molar-refractivity contribution in [2.75, 3.05) is 6.61 Å². The highest BCUT2D eigenvalue weighted by atomic mass is 16.3. The number of aliphatic hydroxyl groups excluding tert-OH is 2. The second-order valence-electron chi connectivity index (χ2n) is 16.2. The Hall–Kier alpha value is -2.95. The van der Waals surface area contributed by atoms with Gasteiger partial charge in [-0.1, -0.05) is 232 Å². The highest BCUT2D eigenvalue weighted by Gasteiger charge is 2.19. The van der Waals surface area contributed by atoms with Crippen LogP contribution in [0, 0.1) is 0 Å². The molecule has 0 heterocycles. The molecule has 0 rings (SSSR count). The van der Waals surface area contributed by atoms with E-state index in [-0.39, 0.29) is 12.5 Å². The van der Waals surface area contributed by atoms with Crippen LogP contribution in [0.1, 0.15) is 213 Å². The Morgan fingerprint density at radius 2 is 0.746 bits per heavy atom. The maximum atomic E-state index is 12.4. The van der Waals surface area contributed by atoms with E-state index in [0.717, 1.165) is 96.3 Å². The normalized spacial score (nSPS) is 13.9. The van der Waals surface area contributed by atoms with E-state index < -0.39 is 12.1 Å². The first-order valence-electron chi connectivity index (χ1n) is 24.6. The van der Waals surface area contributed by atoms with Gasteiger partial charge < -0.3 is 15.5 Å². The van der Waals surface area contributed by atoms with Crippen molar-refractivity contribution in [2.24, 2.45) is 0 Å². The lowest BCUT2D eigenvalue weighted by molar-refractivity contribution is -0.123. The molecule has 2 unspecified atom stereocenters. The van der Waals surface area contributed by atoms with E-state index in [1.54, 1.807) is 0 Å². The first-order chi connectivity index (χ1) is 29.2. The van der Waals surface area contributed by atoms with Crippen LogP contribution < -0.4 is 5.32 Å². The van der Waals surface area contributed by atoms with E-state index in [9.17, 15) is 15.0 Å². The monoisotopic (exact) mass is 816 g/mol. The van der Waals surface area contributed by atoms with Crippen LogP contribution in [0.3, 0.4) is 0 Å². The van der Waals surface area contributed by atoms with Crippen molar-refractivity contribution in [2.45, 2.75) is 225 Å². The molecule has 1 amide bonds. The van der Waals surface area contributed by atoms with E-state index >= 15 is 0 Å². The Bertz CT molecular complexity index is 1150. The molecule has 0 aliphatic heterocycles. The summed E-state index contributed by atoms with van der Waals surface area (Å²) in [6, 6.07) is -0.562. The molecule has 0 bridgehead atoms. The Kier molecular flexibility index (Phi) is 46.9. The fourth-order valence-electron chi connectivity index (χ4n) is 6.82. The minimum Gasteiger partial charge on any atom is -0.394 e. The van der Waals surface area contributed by atoms with E-state index in [0.29, 0.717) is 12.8 Å². The van der Waals surface area contributed by atoms with E-state index in [1.165, 1.54) is 89.9 Å². The largest absolute Gasteiger partial charge is 0.394 e. The van der Waals surface area contributed by atoms with Gasteiger partial charge in [-0.15, -0.1) is 0 Å². The number of allylic oxidation sites excluding steroid dienone is 18. The Morgan fingerprint density at radius 1 is 0.424 bits per heavy atom. The first-order valence-corrected chi connectivity index (χ1v) is 24.6. The van der Waals surface area contributed by atoms with Gasteiger partial charge in [-0.2, -0.15) is 0 Å². The molecule has 0 radical (unpaired) electrons. The lowest BCUT2D eigenvalue weighted by atomic mass is 10.0. The molecule has 2 atom stereocenters. The molecular formula is C55H93NO3. The van der Waals surface area contributed by atoms with Crippen LogP contribution in [0.4, 0.5) is 0 Å². The third-order valence-corrected chi connectivity index (χ3v) is 10.5. The minimum atomic E-state index is -0.681. The molecule has 0 saturated carbocycles. The van der Waals surface area contributed by atoms with Gasteiger partial charge in [0.1, 0.15) is 0 Å². The second-order valence-corrected chi connectivity index (χ2v) is 16.2. The Labute approximate surface area is 366 Å². The fraction of sp³-hybridized carbons (Fsp3) is 0.655. The molecule has 0 saturated heterocycles. The minimum absolute atomic E-state index is 0.0674. The van der Waals surface area contributed by atoms with Gasteiger partial charge in [0, 0.05) is 6.42 Å². The highest BCUT2D eigenvalue weighted by Crippen LogP contribution is 2.15. The molecule has 4 nitrogen and oxygen atoms in total. The molecule has 336 valence electrons. The molecule has 0 aliphatic carbocycles. The third kappa shape index (κ3) is 46.0. The highest BCUT2D eigenvalue weighted by molar-refractivity contribution is 5.76. The summed E-state index contributed by atoms with van der Waals surface area (Å²) in [5.74, 6) is -0.0674. The molecule has 0 aromatic carbocycles. The number of carbonyl (C=O) groups excluding carboxylic acids is 1. The summed E-state index contributed by atoms with van der Waals surface area (Å²) in [6.45, 7) is 4.22. The zero-order valence-corrected chi connectivity index (χ0v) is 38.5. The SMILES string of the molecule is CC/C=C\C/C=C\C/C=C\C/C=C\C/C=C\C/C=C\C/C=C\C/C=C\C/C=C\CCCCCC(=O)NC(CO)C(O)CCCCCCCCCCCCCCCCCC. The molecule has 0 aliphatic rings. The van der Waals surface area contributed by atoms with Crippen molar-refractivity contribution in [1.29, 1.82) is 0 Å². The molecular weight excluding hydrogens is 723 g/mol. The van der Waals surface area contributed by atoms with Gasteiger partial charge in [0.15, 0.2) is 0 Å². The van der Waals surface area contributed by atoms with Crippen molar-refractivity contribution in [3.63, 3.8) is 0 Å². The number of carbonyl (C=O) groups is 1. The first kappa shape index (κ1) is 56.0. The summed E-state index contributed by atoms with van der Waals surface area (Å²) in [5.41, 5.74) is 0. The lowest BCUT2D eigenvalue weighted by Gasteiger charge is -2.22. The van der Waals surface area contributed by atoms with Gasteiger partial charge in [0.05, 0.1) is 18.8 Å². The predicted molar refractivity (Wildman–Crippen MR) is 262 cm³/mol. The average Bonchev–Trinajstić information content (AvgIpc) is 3.24. The van der Waals surface area contributed by atoms with Crippen LogP contribution in [0.2, 0.25) is 0 Å². The zero-order chi connectivity index (χ0) is 42.8. The summed E-state index contributed by atoms with van der Waals surface area (Å²) < 4.78 is 0. The van der Waals surface area contributed by atoms with Crippen molar-refractivity contribution < 1.29 is 15.0 Å². The topological polar surface area (TPSA) is 69.6 Å². The molecule has 0 aromatic heterocycles. The van der Waals surface area contributed by atoms with Gasteiger partial charge in [0.2, 0.25) is 5.91 Å². The summed E-state index contributed by atoms with van der Waals surface area (Å²) in [4.78, 5) is 12.4. The van der Waals surface area contributed by atoms with Crippen LogP contribution in [-0.4, -0.2) is 34.9 Å². The lowest BCUT2D eigenvalue weighted by Crippen LogP contribution is -2.45. The van der Waals surface area contributed by atoms with E-state index in [2.05, 4.69) is 129 Å². The van der Waals surface area contributed by atoms with Crippen LogP contribution >= 0.6 is 0 Å². The molecule has 4 heteroatoms. The summed E-state index contributed by atoms with van der Waals surface area (Å²) >= 11 is 0. The third-order valence-electron chi connectivity index (χ3n) is 10.5. The number of nitrogens with one attached hydrogen (secondary N) is 1. The summed E-state index contributed by atoms with van der Waals surface area (Å²) in [7, 11) is 0. The summed E-state index contributed by atoms with van der Waals surface area (Å²) in [5, 5.41) is 23.2. The number of unbranched alkanes of at least 4 members (excludes halogenated alkanes) is 18. The molecule has 59 heavy (non-hydrogen) atoms. The Morgan fingerprint density at radius 3 is 1.10 bits per heavy atom. The van der Waals surface area contributed by atoms with E-state index in [1.807, 2.05) is 0 Å². The van der Waals surface area contributed by atoms with Crippen molar-refractivity contribution in [3.05, 3.63) is 109 Å². The van der Waals surface area contributed by atoms with Gasteiger partial charge in [-0.3, -0.25) is 4.79 Å². The molecule has 0 aromatic rings. The van der Waals surface area contributed by atoms with Crippen LogP contribution in [-0.2, 0) is 4.79 Å². The van der Waals surface area contributed by atoms with E-state index in [4.69, 9.17) is 0 Å². The van der Waals surface area contributed by atoms with Gasteiger partial charge in [-0.25, -0.2) is 0 Å². The smallest absolute Gasteiger partial charge is 0.220 e. The maximum Gasteiger partial charge on any atom is 0.220 e. The number of hydrogen-bond donors (Lipinski definition) is 3. The van der Waals surface area contributed by atoms with Crippen molar-refractivity contribution in [1.82, 2.24) is 5.32 Å². The fourth-order valence-corrected chi connectivity index (χ4v) is 6.82. The molecule has 0 spiro atoms. The number of aliphatic hydroxyl groups is 2. The van der Waals surface area contributed by atoms with Crippen molar-refractivity contribution in [3.8, 4) is 0 Å². The zero-order valence-electron chi connectivity index (χ0n) is 38.5. The molecule has 0 fully saturated rings. The van der Waals surface area contributed by atoms with Crippen LogP contribution in [0.25, 0.3) is 0 Å². The van der Waals surface area contributed by atoms with Gasteiger partial charge in [-0.05, 0) is 83.5 Å². The number of hydrogen-bond acceptors (Lipinski definition) is 3.